The van der Waals surface area contributed by atoms with E-state index in [9.17, 15) is 9.90 Å². The van der Waals surface area contributed by atoms with Gasteiger partial charge in [0.1, 0.15) is 0 Å². The summed E-state index contributed by atoms with van der Waals surface area (Å²) in [5.74, 6) is 1.64. The van der Waals surface area contributed by atoms with Gasteiger partial charge in [-0.3, -0.25) is 9.59 Å². The van der Waals surface area contributed by atoms with Crippen LogP contribution in [-0.4, -0.2) is 64.4 Å². The monoisotopic (exact) mass is 375 g/mol. The van der Waals surface area contributed by atoms with Crippen molar-refractivity contribution in [3.8, 4) is 17.2 Å². The van der Waals surface area contributed by atoms with Crippen molar-refractivity contribution in [1.82, 2.24) is 4.31 Å². The highest BCUT2D eigenvalue weighted by Gasteiger charge is 2.20. The largest absolute Gasteiger partial charge is 0.502 e. The molecule has 0 radical (unpaired) electrons. The van der Waals surface area contributed by atoms with Gasteiger partial charge in [0.25, 0.3) is 5.97 Å². The second kappa shape index (κ2) is 10.3. The minimum Gasteiger partial charge on any atom is -0.502 e. The van der Waals surface area contributed by atoms with E-state index in [1.54, 1.807) is 0 Å². The van der Waals surface area contributed by atoms with E-state index in [4.69, 9.17) is 19.4 Å². The predicted molar refractivity (Wildman–Crippen MR) is 95.3 cm³/mol. The van der Waals surface area contributed by atoms with Crippen LogP contribution in [0.25, 0.3) is 0 Å². The lowest BCUT2D eigenvalue weighted by atomic mass is 10.2. The fourth-order valence-corrected chi connectivity index (χ4v) is 3.78. The molecule has 1 saturated heterocycles. The van der Waals surface area contributed by atoms with Crippen LogP contribution < -0.4 is 9.47 Å². The number of aromatic hydroxyl groups is 1. The standard InChI is InChI=1S/C13H17NO4S2.C2H4O2/c1-17-10-7-9(8-11(18-2)12(10)15)13(16)20-14-3-5-19-6-4-14;1-2(3)4/h7-8,15H,3-6H2,1-2H3;1H3,(H,3,4). The molecule has 0 atom stereocenters. The molecule has 9 heteroatoms. The van der Waals surface area contributed by atoms with Crippen molar-refractivity contribution in [2.75, 3.05) is 38.8 Å². The van der Waals surface area contributed by atoms with Gasteiger partial charge >= 0.3 is 0 Å². The van der Waals surface area contributed by atoms with Gasteiger partial charge in [0.15, 0.2) is 11.5 Å². The number of hydrogen-bond acceptors (Lipinski definition) is 8. The van der Waals surface area contributed by atoms with Gasteiger partial charge in [0, 0.05) is 49.0 Å². The summed E-state index contributed by atoms with van der Waals surface area (Å²) in [5.41, 5.74) is 0.458. The lowest BCUT2D eigenvalue weighted by Crippen LogP contribution is -2.27. The third-order valence-electron chi connectivity index (χ3n) is 2.90. The number of phenols is 1. The summed E-state index contributed by atoms with van der Waals surface area (Å²) in [6.07, 6.45) is 0. The first-order chi connectivity index (χ1) is 11.4. The molecule has 0 amide bonds. The number of carboxylic acid groups (broad SMARTS) is 1. The molecule has 1 fully saturated rings. The number of carbonyl (C=O) groups excluding carboxylic acids is 1. The Morgan fingerprint density at radius 2 is 1.62 bits per heavy atom. The molecule has 0 aliphatic carbocycles. The number of carboxylic acids is 1. The van der Waals surface area contributed by atoms with Crippen LogP contribution in [0.3, 0.4) is 0 Å². The average molecular weight is 375 g/mol. The Balaban J connectivity index is 0.000000648. The lowest BCUT2D eigenvalue weighted by molar-refractivity contribution is -0.134. The Labute approximate surface area is 149 Å². The quantitative estimate of drug-likeness (QED) is 0.769. The van der Waals surface area contributed by atoms with Gasteiger partial charge in [-0.15, -0.1) is 0 Å². The molecule has 1 aliphatic rings. The number of carbonyl (C=O) groups is 2. The van der Waals surface area contributed by atoms with Crippen LogP contribution in [0.2, 0.25) is 0 Å². The smallest absolute Gasteiger partial charge is 0.300 e. The SMILES string of the molecule is CC(=O)O.COc1cc(C(=O)SN2CCSCC2)cc(OC)c1O. The first kappa shape index (κ1) is 20.5. The van der Waals surface area contributed by atoms with E-state index in [0.717, 1.165) is 31.5 Å². The second-order valence-corrected chi connectivity index (χ2v) is 6.96. The van der Waals surface area contributed by atoms with E-state index >= 15 is 0 Å². The van der Waals surface area contributed by atoms with Gasteiger partial charge in [-0.2, -0.15) is 11.8 Å². The Kier molecular flexibility index (Phi) is 8.80. The normalized spacial score (nSPS) is 14.3. The molecule has 2 rings (SSSR count). The van der Waals surface area contributed by atoms with Crippen molar-refractivity contribution in [3.05, 3.63) is 17.7 Å². The number of thioether (sulfide) groups is 1. The number of phenolic OH excluding ortho intramolecular Hbond substituents is 1. The van der Waals surface area contributed by atoms with Gasteiger partial charge < -0.3 is 19.7 Å². The summed E-state index contributed by atoms with van der Waals surface area (Å²) in [5, 5.41) is 17.2. The Bertz CT molecular complexity index is 546. The van der Waals surface area contributed by atoms with Gasteiger partial charge in [0.2, 0.25) is 10.9 Å². The first-order valence-corrected chi connectivity index (χ1v) is 9.01. The van der Waals surface area contributed by atoms with E-state index < -0.39 is 5.97 Å². The number of ether oxygens (including phenoxy) is 2. The number of aliphatic carboxylic acids is 1. The maximum atomic E-state index is 12.3. The van der Waals surface area contributed by atoms with Crippen molar-refractivity contribution >= 4 is 34.8 Å². The molecule has 0 bridgehead atoms. The molecule has 134 valence electrons. The van der Waals surface area contributed by atoms with Crippen molar-refractivity contribution in [2.24, 2.45) is 0 Å². The topological polar surface area (TPSA) is 96.3 Å². The Hall–Kier alpha value is -1.58. The molecule has 1 aliphatic heterocycles. The van der Waals surface area contributed by atoms with Crippen LogP contribution >= 0.6 is 23.7 Å². The Morgan fingerprint density at radius 3 is 2.04 bits per heavy atom. The number of nitrogens with zero attached hydrogens (tertiary/aromatic N) is 1. The second-order valence-electron chi connectivity index (χ2n) is 4.67. The highest BCUT2D eigenvalue weighted by Crippen LogP contribution is 2.38. The summed E-state index contributed by atoms with van der Waals surface area (Å²) in [6.45, 7) is 2.88. The van der Waals surface area contributed by atoms with Gasteiger partial charge in [0.05, 0.1) is 14.2 Å². The highest BCUT2D eigenvalue weighted by atomic mass is 32.2. The van der Waals surface area contributed by atoms with E-state index in [0.29, 0.717) is 5.56 Å². The minimum absolute atomic E-state index is 0.0755. The van der Waals surface area contributed by atoms with Crippen molar-refractivity contribution in [1.29, 1.82) is 0 Å². The maximum absolute atomic E-state index is 12.3. The average Bonchev–Trinajstić information content (AvgIpc) is 2.55. The zero-order valence-corrected chi connectivity index (χ0v) is 15.4. The summed E-state index contributed by atoms with van der Waals surface area (Å²) in [4.78, 5) is 21.3. The molecule has 0 spiro atoms. The molecular formula is C15H21NO6S2. The van der Waals surface area contributed by atoms with Crippen LogP contribution in [0, 0.1) is 0 Å². The summed E-state index contributed by atoms with van der Waals surface area (Å²) in [6, 6.07) is 3.07. The molecule has 1 aromatic carbocycles. The fraction of sp³-hybridized carbons (Fsp3) is 0.467. The lowest BCUT2D eigenvalue weighted by Gasteiger charge is -2.23. The molecule has 2 N–H and O–H groups in total. The molecule has 0 unspecified atom stereocenters. The number of hydrogen-bond donors (Lipinski definition) is 2. The summed E-state index contributed by atoms with van der Waals surface area (Å²) < 4.78 is 12.2. The number of rotatable bonds is 4. The third-order valence-corrected chi connectivity index (χ3v) is 4.86. The van der Waals surface area contributed by atoms with Gasteiger partial charge in [-0.05, 0) is 12.1 Å². The summed E-state index contributed by atoms with van der Waals surface area (Å²) >= 11 is 3.10. The molecule has 0 aromatic heterocycles. The minimum atomic E-state index is -0.833. The Morgan fingerprint density at radius 1 is 1.17 bits per heavy atom. The van der Waals surface area contributed by atoms with E-state index in [1.807, 2.05) is 11.8 Å². The molecule has 24 heavy (non-hydrogen) atoms. The molecule has 1 aromatic rings. The number of methoxy groups -OCH3 is 2. The summed E-state index contributed by atoms with van der Waals surface area (Å²) in [7, 11) is 2.88. The van der Waals surface area contributed by atoms with E-state index in [-0.39, 0.29) is 22.4 Å². The van der Waals surface area contributed by atoms with Crippen LogP contribution in [0.15, 0.2) is 12.1 Å². The molecular weight excluding hydrogens is 354 g/mol. The first-order valence-electron chi connectivity index (χ1n) is 7.08. The molecule has 0 saturated carbocycles. The van der Waals surface area contributed by atoms with Crippen LogP contribution in [0.5, 0.6) is 17.2 Å². The van der Waals surface area contributed by atoms with Crippen molar-refractivity contribution < 1.29 is 29.3 Å². The van der Waals surface area contributed by atoms with Crippen LogP contribution in [0.4, 0.5) is 0 Å². The van der Waals surface area contributed by atoms with E-state index in [1.165, 1.54) is 38.3 Å². The zero-order valence-electron chi connectivity index (χ0n) is 13.8. The van der Waals surface area contributed by atoms with Crippen LogP contribution in [0.1, 0.15) is 17.3 Å². The number of benzene rings is 1. The predicted octanol–water partition coefficient (Wildman–Crippen LogP) is 2.34. The van der Waals surface area contributed by atoms with Crippen LogP contribution in [-0.2, 0) is 4.79 Å². The molecule has 1 heterocycles. The highest BCUT2D eigenvalue weighted by molar-refractivity contribution is 8.12. The van der Waals surface area contributed by atoms with Gasteiger partial charge in [-0.25, -0.2) is 4.31 Å². The van der Waals surface area contributed by atoms with E-state index in [2.05, 4.69) is 4.31 Å². The molecule has 7 nitrogen and oxygen atoms in total. The van der Waals surface area contributed by atoms with Crippen molar-refractivity contribution in [3.63, 3.8) is 0 Å². The maximum Gasteiger partial charge on any atom is 0.300 e. The fourth-order valence-electron chi connectivity index (χ4n) is 1.82. The zero-order chi connectivity index (χ0) is 18.1. The van der Waals surface area contributed by atoms with Crippen molar-refractivity contribution in [2.45, 2.75) is 6.92 Å². The van der Waals surface area contributed by atoms with Gasteiger partial charge in [-0.1, -0.05) is 0 Å². The third kappa shape index (κ3) is 6.50.